The van der Waals surface area contributed by atoms with Gasteiger partial charge in [0.15, 0.2) is 0 Å². The van der Waals surface area contributed by atoms with Crippen LogP contribution in [0.4, 0.5) is 5.69 Å². The Balaban J connectivity index is 1.46. The van der Waals surface area contributed by atoms with Crippen LogP contribution in [0.25, 0.3) is 11.4 Å². The van der Waals surface area contributed by atoms with Crippen molar-refractivity contribution in [3.63, 3.8) is 0 Å². The number of benzene rings is 2. The van der Waals surface area contributed by atoms with Crippen LogP contribution in [-0.2, 0) is 7.05 Å². The molecule has 1 atom stereocenters. The van der Waals surface area contributed by atoms with Gasteiger partial charge in [0.1, 0.15) is 0 Å². The first-order valence-corrected chi connectivity index (χ1v) is 9.49. The van der Waals surface area contributed by atoms with Gasteiger partial charge in [-0.2, -0.15) is 4.80 Å². The number of rotatable bonds is 3. The highest BCUT2D eigenvalue weighted by atomic mass is 16.2. The lowest BCUT2D eigenvalue weighted by atomic mass is 10.1. The Kier molecular flexibility index (Phi) is 4.81. The van der Waals surface area contributed by atoms with Gasteiger partial charge in [0.25, 0.3) is 5.91 Å². The molecular formula is C21H24N6O. The largest absolute Gasteiger partial charge is 0.367 e. The van der Waals surface area contributed by atoms with Gasteiger partial charge in [-0.3, -0.25) is 4.79 Å². The van der Waals surface area contributed by atoms with Crippen LogP contribution in [0.15, 0.2) is 48.5 Å². The molecule has 2 heterocycles. The van der Waals surface area contributed by atoms with Crippen LogP contribution in [0.1, 0.15) is 22.8 Å². The Morgan fingerprint density at radius 2 is 1.82 bits per heavy atom. The van der Waals surface area contributed by atoms with E-state index in [1.165, 1.54) is 16.0 Å². The minimum atomic E-state index is 0.0654. The van der Waals surface area contributed by atoms with Gasteiger partial charge in [0, 0.05) is 42.5 Å². The SMILES string of the molecule is Cc1ccccc1N1CCN(C(=O)c2ccc(-c3nnn(C)n3)cc2)[C@@H](C)C1. The van der Waals surface area contributed by atoms with Crippen molar-refractivity contribution in [1.82, 2.24) is 25.1 Å². The summed E-state index contributed by atoms with van der Waals surface area (Å²) in [4.78, 5) is 18.8. The fraction of sp³-hybridized carbons (Fsp3) is 0.333. The molecule has 7 heteroatoms. The van der Waals surface area contributed by atoms with Crippen molar-refractivity contribution in [1.29, 1.82) is 0 Å². The van der Waals surface area contributed by atoms with Crippen molar-refractivity contribution in [2.75, 3.05) is 24.5 Å². The molecule has 3 aromatic rings. The third kappa shape index (κ3) is 3.47. The van der Waals surface area contributed by atoms with Crippen LogP contribution in [0, 0.1) is 6.92 Å². The molecule has 1 saturated heterocycles. The van der Waals surface area contributed by atoms with Crippen LogP contribution in [0.5, 0.6) is 0 Å². The summed E-state index contributed by atoms with van der Waals surface area (Å²) in [7, 11) is 1.73. The standard InChI is InChI=1S/C21H24N6O/c1-15-6-4-5-7-19(15)26-12-13-27(16(2)14-26)21(28)18-10-8-17(9-11-18)20-22-24-25(3)23-20/h4-11,16H,12-14H2,1-3H3/t16-/m0/s1. The van der Waals surface area contributed by atoms with Crippen LogP contribution in [0.2, 0.25) is 0 Å². The van der Waals surface area contributed by atoms with E-state index < -0.39 is 0 Å². The molecule has 0 aliphatic carbocycles. The molecule has 1 aromatic heterocycles. The van der Waals surface area contributed by atoms with Gasteiger partial charge in [0.2, 0.25) is 5.82 Å². The molecule has 144 valence electrons. The summed E-state index contributed by atoms with van der Waals surface area (Å²) in [5.41, 5.74) is 4.05. The van der Waals surface area contributed by atoms with Crippen molar-refractivity contribution in [2.24, 2.45) is 7.05 Å². The molecular weight excluding hydrogens is 352 g/mol. The summed E-state index contributed by atoms with van der Waals surface area (Å²) >= 11 is 0. The highest BCUT2D eigenvalue weighted by Crippen LogP contribution is 2.24. The Morgan fingerprint density at radius 1 is 1.07 bits per heavy atom. The second-order valence-corrected chi connectivity index (χ2v) is 7.26. The summed E-state index contributed by atoms with van der Waals surface area (Å²) in [6, 6.07) is 16.0. The number of aryl methyl sites for hydroxylation is 2. The number of hydrogen-bond donors (Lipinski definition) is 0. The van der Waals surface area contributed by atoms with Crippen molar-refractivity contribution < 1.29 is 4.79 Å². The number of tetrazole rings is 1. The lowest BCUT2D eigenvalue weighted by Gasteiger charge is -2.41. The molecule has 1 aliphatic heterocycles. The maximum absolute atomic E-state index is 13.0. The third-order valence-electron chi connectivity index (χ3n) is 5.24. The highest BCUT2D eigenvalue weighted by Gasteiger charge is 2.28. The molecule has 2 aromatic carbocycles. The van der Waals surface area contributed by atoms with E-state index in [9.17, 15) is 4.79 Å². The second kappa shape index (κ2) is 7.42. The van der Waals surface area contributed by atoms with Gasteiger partial charge < -0.3 is 9.80 Å². The lowest BCUT2D eigenvalue weighted by molar-refractivity contribution is 0.0674. The van der Waals surface area contributed by atoms with E-state index in [0.29, 0.717) is 17.9 Å². The minimum absolute atomic E-state index is 0.0654. The molecule has 1 aliphatic rings. The van der Waals surface area contributed by atoms with E-state index >= 15 is 0 Å². The molecule has 0 bridgehead atoms. The first-order chi connectivity index (χ1) is 13.5. The molecule has 7 nitrogen and oxygen atoms in total. The highest BCUT2D eigenvalue weighted by molar-refractivity contribution is 5.95. The van der Waals surface area contributed by atoms with Crippen molar-refractivity contribution in [2.45, 2.75) is 19.9 Å². The number of anilines is 1. The summed E-state index contributed by atoms with van der Waals surface area (Å²) in [5, 5.41) is 12.1. The fourth-order valence-electron chi connectivity index (χ4n) is 3.72. The van der Waals surface area contributed by atoms with Crippen LogP contribution >= 0.6 is 0 Å². The van der Waals surface area contributed by atoms with Crippen LogP contribution < -0.4 is 4.90 Å². The molecule has 0 spiro atoms. The second-order valence-electron chi connectivity index (χ2n) is 7.26. The molecule has 0 unspecified atom stereocenters. The number of para-hydroxylation sites is 1. The van der Waals surface area contributed by atoms with Gasteiger partial charge >= 0.3 is 0 Å². The Bertz CT molecular complexity index is 981. The minimum Gasteiger partial charge on any atom is -0.367 e. The Morgan fingerprint density at radius 3 is 2.46 bits per heavy atom. The zero-order valence-electron chi connectivity index (χ0n) is 16.4. The van der Waals surface area contributed by atoms with E-state index in [0.717, 1.165) is 18.7 Å². The van der Waals surface area contributed by atoms with Crippen LogP contribution in [-0.4, -0.2) is 56.7 Å². The zero-order chi connectivity index (χ0) is 19.7. The Hall–Kier alpha value is -3.22. The van der Waals surface area contributed by atoms with Gasteiger partial charge in [-0.25, -0.2) is 0 Å². The van der Waals surface area contributed by atoms with E-state index in [-0.39, 0.29) is 11.9 Å². The molecule has 0 radical (unpaired) electrons. The number of aromatic nitrogens is 4. The molecule has 0 saturated carbocycles. The molecule has 1 amide bonds. The van der Waals surface area contributed by atoms with Gasteiger partial charge in [-0.1, -0.05) is 30.3 Å². The molecule has 28 heavy (non-hydrogen) atoms. The van der Waals surface area contributed by atoms with Gasteiger partial charge in [0.05, 0.1) is 7.05 Å². The number of piperazine rings is 1. The zero-order valence-corrected chi connectivity index (χ0v) is 16.4. The number of nitrogens with zero attached hydrogens (tertiary/aromatic N) is 6. The average Bonchev–Trinajstić information content (AvgIpc) is 3.14. The first-order valence-electron chi connectivity index (χ1n) is 9.49. The monoisotopic (exact) mass is 376 g/mol. The lowest BCUT2D eigenvalue weighted by Crippen LogP contribution is -2.54. The third-order valence-corrected chi connectivity index (χ3v) is 5.24. The molecule has 1 fully saturated rings. The van der Waals surface area contributed by atoms with Crippen molar-refractivity contribution >= 4 is 11.6 Å². The average molecular weight is 376 g/mol. The van der Waals surface area contributed by atoms with Crippen LogP contribution in [0.3, 0.4) is 0 Å². The number of hydrogen-bond acceptors (Lipinski definition) is 5. The van der Waals surface area contributed by atoms with Gasteiger partial charge in [-0.15, -0.1) is 10.2 Å². The summed E-state index contributed by atoms with van der Waals surface area (Å²) in [6.07, 6.45) is 0. The molecule has 4 rings (SSSR count). The fourth-order valence-corrected chi connectivity index (χ4v) is 3.72. The Labute approximate surface area is 164 Å². The predicted molar refractivity (Wildman–Crippen MR) is 108 cm³/mol. The maximum atomic E-state index is 13.0. The smallest absolute Gasteiger partial charge is 0.254 e. The first kappa shape index (κ1) is 18.2. The summed E-state index contributed by atoms with van der Waals surface area (Å²) in [5.74, 6) is 0.623. The van der Waals surface area contributed by atoms with E-state index in [1.807, 2.05) is 29.2 Å². The van der Waals surface area contributed by atoms with Crippen molar-refractivity contribution in [3.8, 4) is 11.4 Å². The van der Waals surface area contributed by atoms with E-state index in [1.54, 1.807) is 7.05 Å². The van der Waals surface area contributed by atoms with E-state index in [4.69, 9.17) is 0 Å². The van der Waals surface area contributed by atoms with Crippen molar-refractivity contribution in [3.05, 3.63) is 59.7 Å². The quantitative estimate of drug-likeness (QED) is 0.703. The number of carbonyl (C=O) groups is 1. The predicted octanol–water partition coefficient (Wildman–Crippen LogP) is 2.54. The maximum Gasteiger partial charge on any atom is 0.254 e. The summed E-state index contributed by atoms with van der Waals surface area (Å²) in [6.45, 7) is 6.62. The number of amides is 1. The normalized spacial score (nSPS) is 17.0. The topological polar surface area (TPSA) is 67.2 Å². The van der Waals surface area contributed by atoms with E-state index in [2.05, 4.69) is 58.4 Å². The molecule has 0 N–H and O–H groups in total. The van der Waals surface area contributed by atoms with Gasteiger partial charge in [-0.05, 0) is 42.8 Å². The number of carbonyl (C=O) groups excluding carboxylic acids is 1. The summed E-state index contributed by atoms with van der Waals surface area (Å²) < 4.78 is 0.